The molecular weight excluding hydrogens is 240 g/mol. The number of nitrogens with zero attached hydrogens (tertiary/aromatic N) is 1. The van der Waals surface area contributed by atoms with Crippen molar-refractivity contribution in [1.29, 1.82) is 5.26 Å². The molecule has 1 aromatic rings. The Morgan fingerprint density at radius 2 is 2.11 bits per heavy atom. The number of nitriles is 1. The van der Waals surface area contributed by atoms with Crippen molar-refractivity contribution in [3.05, 3.63) is 23.8 Å². The van der Waals surface area contributed by atoms with Crippen LogP contribution in [0.2, 0.25) is 0 Å². The van der Waals surface area contributed by atoms with Crippen LogP contribution in [0.4, 0.5) is 5.69 Å². The maximum Gasteiger partial charge on any atom is 0.121 e. The van der Waals surface area contributed by atoms with Crippen LogP contribution in [0.25, 0.3) is 0 Å². The van der Waals surface area contributed by atoms with E-state index in [2.05, 4.69) is 11.4 Å². The normalized spacial score (nSPS) is 17.5. The molecule has 1 fully saturated rings. The molecule has 1 aliphatic carbocycles. The van der Waals surface area contributed by atoms with Gasteiger partial charge in [-0.25, -0.2) is 0 Å². The topological polar surface area (TPSA) is 65.3 Å². The van der Waals surface area contributed by atoms with Crippen molar-refractivity contribution < 1.29 is 9.84 Å². The lowest BCUT2D eigenvalue weighted by Crippen LogP contribution is -2.38. The summed E-state index contributed by atoms with van der Waals surface area (Å²) in [7, 11) is 1.60. The van der Waals surface area contributed by atoms with E-state index in [1.165, 1.54) is 6.42 Å². The minimum atomic E-state index is -0.645. The zero-order valence-corrected chi connectivity index (χ0v) is 11.3. The van der Waals surface area contributed by atoms with Crippen molar-refractivity contribution in [1.82, 2.24) is 0 Å². The van der Waals surface area contributed by atoms with E-state index in [-0.39, 0.29) is 0 Å². The van der Waals surface area contributed by atoms with E-state index in [1.54, 1.807) is 25.3 Å². The average Bonchev–Trinajstić information content (AvgIpc) is 2.45. The summed E-state index contributed by atoms with van der Waals surface area (Å²) in [6.45, 7) is 0.481. The predicted octanol–water partition coefficient (Wildman–Crippen LogP) is 2.67. The number of hydrogen-bond donors (Lipinski definition) is 2. The Labute approximate surface area is 114 Å². The molecule has 2 rings (SSSR count). The fourth-order valence-electron chi connectivity index (χ4n) is 2.54. The quantitative estimate of drug-likeness (QED) is 0.873. The summed E-state index contributed by atoms with van der Waals surface area (Å²) in [5.74, 6) is 0.706. The van der Waals surface area contributed by atoms with Gasteiger partial charge in [0, 0.05) is 12.6 Å². The van der Waals surface area contributed by atoms with Crippen LogP contribution in [0, 0.1) is 11.3 Å². The molecule has 102 valence electrons. The Balaban J connectivity index is 2.07. The second kappa shape index (κ2) is 5.94. The maximum absolute atomic E-state index is 10.4. The molecule has 19 heavy (non-hydrogen) atoms. The van der Waals surface area contributed by atoms with Crippen molar-refractivity contribution in [2.75, 3.05) is 19.0 Å². The van der Waals surface area contributed by atoms with Gasteiger partial charge in [0.1, 0.15) is 11.8 Å². The van der Waals surface area contributed by atoms with Crippen molar-refractivity contribution in [3.8, 4) is 11.8 Å². The number of benzene rings is 1. The first-order valence-corrected chi connectivity index (χ1v) is 6.71. The molecule has 1 aromatic carbocycles. The molecule has 1 saturated carbocycles. The first kappa shape index (κ1) is 13.7. The largest absolute Gasteiger partial charge is 0.497 e. The summed E-state index contributed by atoms with van der Waals surface area (Å²) in [6, 6.07) is 7.44. The number of aliphatic hydroxyl groups is 1. The summed E-state index contributed by atoms with van der Waals surface area (Å²) in [5, 5.41) is 22.7. The van der Waals surface area contributed by atoms with Gasteiger partial charge in [0.05, 0.1) is 24.0 Å². The molecule has 0 unspecified atom stereocenters. The number of ether oxygens (including phenoxy) is 1. The summed E-state index contributed by atoms with van der Waals surface area (Å²) >= 11 is 0. The fraction of sp³-hybridized carbons (Fsp3) is 0.533. The first-order chi connectivity index (χ1) is 9.17. The molecule has 0 spiro atoms. The molecule has 0 amide bonds. The van der Waals surface area contributed by atoms with Crippen LogP contribution in [-0.2, 0) is 0 Å². The van der Waals surface area contributed by atoms with Gasteiger partial charge in [-0.2, -0.15) is 5.26 Å². The molecular formula is C15H20N2O2. The van der Waals surface area contributed by atoms with Gasteiger partial charge in [-0.15, -0.1) is 0 Å². The Kier molecular flexibility index (Phi) is 4.28. The highest BCUT2D eigenvalue weighted by Gasteiger charge is 2.28. The van der Waals surface area contributed by atoms with Gasteiger partial charge in [-0.05, 0) is 25.0 Å². The molecule has 4 heteroatoms. The highest BCUT2D eigenvalue weighted by atomic mass is 16.5. The number of anilines is 1. The van der Waals surface area contributed by atoms with Crippen LogP contribution in [0.5, 0.6) is 5.75 Å². The molecule has 4 nitrogen and oxygen atoms in total. The van der Waals surface area contributed by atoms with Crippen LogP contribution in [0.15, 0.2) is 18.2 Å². The van der Waals surface area contributed by atoms with Crippen LogP contribution in [0.3, 0.4) is 0 Å². The highest BCUT2D eigenvalue weighted by Crippen LogP contribution is 2.29. The molecule has 1 aliphatic rings. The van der Waals surface area contributed by atoms with Crippen LogP contribution < -0.4 is 10.1 Å². The third kappa shape index (κ3) is 3.39. The Hall–Kier alpha value is -1.73. The first-order valence-electron chi connectivity index (χ1n) is 6.71. The molecule has 0 atom stereocenters. The van der Waals surface area contributed by atoms with Crippen LogP contribution >= 0.6 is 0 Å². The van der Waals surface area contributed by atoms with E-state index in [0.717, 1.165) is 31.4 Å². The van der Waals surface area contributed by atoms with Gasteiger partial charge >= 0.3 is 0 Å². The number of methoxy groups -OCH3 is 1. The molecule has 0 aliphatic heterocycles. The highest BCUT2D eigenvalue weighted by molar-refractivity contribution is 5.60. The fourth-order valence-corrected chi connectivity index (χ4v) is 2.54. The predicted molar refractivity (Wildman–Crippen MR) is 74.2 cm³/mol. The number of nitrogens with one attached hydrogen (secondary N) is 1. The van der Waals surface area contributed by atoms with E-state index in [1.807, 2.05) is 0 Å². The number of rotatable bonds is 4. The average molecular weight is 260 g/mol. The van der Waals surface area contributed by atoms with Gasteiger partial charge < -0.3 is 15.2 Å². The third-order valence-electron chi connectivity index (χ3n) is 3.74. The van der Waals surface area contributed by atoms with Gasteiger partial charge in [-0.3, -0.25) is 0 Å². The lowest BCUT2D eigenvalue weighted by molar-refractivity contribution is 0.0167. The van der Waals surface area contributed by atoms with Crippen molar-refractivity contribution in [2.45, 2.75) is 37.7 Å². The second-order valence-corrected chi connectivity index (χ2v) is 5.16. The van der Waals surface area contributed by atoms with Crippen molar-refractivity contribution >= 4 is 5.69 Å². The Bertz CT molecular complexity index is 474. The zero-order valence-electron chi connectivity index (χ0n) is 11.3. The third-order valence-corrected chi connectivity index (χ3v) is 3.74. The molecule has 2 N–H and O–H groups in total. The van der Waals surface area contributed by atoms with Gasteiger partial charge in [0.25, 0.3) is 0 Å². The number of hydrogen-bond acceptors (Lipinski definition) is 4. The van der Waals surface area contributed by atoms with E-state index in [4.69, 9.17) is 10.00 Å². The van der Waals surface area contributed by atoms with Gasteiger partial charge in [-0.1, -0.05) is 19.3 Å². The van der Waals surface area contributed by atoms with Crippen molar-refractivity contribution in [2.24, 2.45) is 0 Å². The van der Waals surface area contributed by atoms with Crippen LogP contribution in [0.1, 0.15) is 37.7 Å². The van der Waals surface area contributed by atoms with E-state index in [0.29, 0.717) is 17.9 Å². The van der Waals surface area contributed by atoms with Gasteiger partial charge in [0.2, 0.25) is 0 Å². The van der Waals surface area contributed by atoms with Crippen molar-refractivity contribution in [3.63, 3.8) is 0 Å². The minimum Gasteiger partial charge on any atom is -0.497 e. The molecule has 0 aromatic heterocycles. The second-order valence-electron chi connectivity index (χ2n) is 5.16. The van der Waals surface area contributed by atoms with Gasteiger partial charge in [0.15, 0.2) is 0 Å². The lowest BCUT2D eigenvalue weighted by Gasteiger charge is -2.32. The molecule has 0 bridgehead atoms. The maximum atomic E-state index is 10.4. The monoisotopic (exact) mass is 260 g/mol. The summed E-state index contributed by atoms with van der Waals surface area (Å²) in [5.41, 5.74) is 0.648. The summed E-state index contributed by atoms with van der Waals surface area (Å²) < 4.78 is 5.16. The minimum absolute atomic E-state index is 0.481. The lowest BCUT2D eigenvalue weighted by atomic mass is 9.85. The molecule has 0 saturated heterocycles. The van der Waals surface area contributed by atoms with E-state index in [9.17, 15) is 5.11 Å². The summed E-state index contributed by atoms with van der Waals surface area (Å²) in [4.78, 5) is 0. The Morgan fingerprint density at radius 1 is 1.37 bits per heavy atom. The summed E-state index contributed by atoms with van der Waals surface area (Å²) in [6.07, 6.45) is 4.99. The standard InChI is InChI=1S/C15H20N2O2/c1-19-13-6-5-12(10-16)14(9-13)17-11-15(18)7-3-2-4-8-15/h5-6,9,17-18H,2-4,7-8,11H2,1H3. The Morgan fingerprint density at radius 3 is 2.74 bits per heavy atom. The zero-order chi connectivity index (χ0) is 13.7. The SMILES string of the molecule is COc1ccc(C#N)c(NCC2(O)CCCCC2)c1. The van der Waals surface area contributed by atoms with Crippen LogP contribution in [-0.4, -0.2) is 24.4 Å². The molecule has 0 radical (unpaired) electrons. The smallest absolute Gasteiger partial charge is 0.121 e. The molecule has 0 heterocycles. The van der Waals surface area contributed by atoms with E-state index >= 15 is 0 Å². The van der Waals surface area contributed by atoms with E-state index < -0.39 is 5.60 Å².